The van der Waals surface area contributed by atoms with E-state index in [0.717, 1.165) is 15.9 Å². The van der Waals surface area contributed by atoms with E-state index in [1.807, 2.05) is 13.8 Å². The van der Waals surface area contributed by atoms with Gasteiger partial charge >= 0.3 is 0 Å². The monoisotopic (exact) mass is 274 g/mol. The zero-order valence-electron chi connectivity index (χ0n) is 8.32. The predicted molar refractivity (Wildman–Crippen MR) is 59.0 cm³/mol. The standard InChI is InChI=1S/C4H5BrN2O.C4H6N2O/c1-2-3(5)4(6)8-7-2;1-3-2-4(5)7-6-3/h6H2,1H3;2H,5H2,1H3. The Morgan fingerprint density at radius 3 is 2.00 bits per heavy atom. The molecule has 82 valence electrons. The zero-order chi connectivity index (χ0) is 11.4. The van der Waals surface area contributed by atoms with Gasteiger partial charge in [0.25, 0.3) is 0 Å². The molecule has 7 heteroatoms. The van der Waals surface area contributed by atoms with Crippen molar-refractivity contribution in [2.24, 2.45) is 0 Å². The topological polar surface area (TPSA) is 104 Å². The van der Waals surface area contributed by atoms with Gasteiger partial charge in [0.2, 0.25) is 11.8 Å². The quantitative estimate of drug-likeness (QED) is 0.760. The molecule has 0 aliphatic rings. The van der Waals surface area contributed by atoms with Crippen LogP contribution in [0.25, 0.3) is 0 Å². The lowest BCUT2D eigenvalue weighted by atomic mass is 10.5. The van der Waals surface area contributed by atoms with E-state index in [1.165, 1.54) is 0 Å². The average molecular weight is 275 g/mol. The summed E-state index contributed by atoms with van der Waals surface area (Å²) in [6.45, 7) is 3.63. The SMILES string of the molecule is Cc1cc(N)on1.Cc1noc(N)c1Br. The van der Waals surface area contributed by atoms with Gasteiger partial charge in [-0.2, -0.15) is 0 Å². The van der Waals surface area contributed by atoms with Crippen molar-refractivity contribution in [3.63, 3.8) is 0 Å². The highest BCUT2D eigenvalue weighted by Crippen LogP contribution is 2.21. The number of nitrogens with two attached hydrogens (primary N) is 2. The molecule has 0 bridgehead atoms. The minimum absolute atomic E-state index is 0.336. The molecule has 0 aromatic carbocycles. The summed E-state index contributed by atoms with van der Waals surface area (Å²) >= 11 is 3.17. The molecule has 0 aliphatic heterocycles. The molecule has 0 unspecified atom stereocenters. The van der Waals surface area contributed by atoms with Crippen LogP contribution in [0.2, 0.25) is 0 Å². The fourth-order valence-corrected chi connectivity index (χ4v) is 0.904. The Balaban J connectivity index is 0.000000151. The lowest BCUT2D eigenvalue weighted by molar-refractivity contribution is 0.431. The van der Waals surface area contributed by atoms with E-state index in [0.29, 0.717) is 11.8 Å². The maximum absolute atomic E-state index is 5.26. The summed E-state index contributed by atoms with van der Waals surface area (Å²) in [6, 6.07) is 1.67. The third-order valence-electron chi connectivity index (χ3n) is 1.46. The van der Waals surface area contributed by atoms with Gasteiger partial charge in [-0.3, -0.25) is 0 Å². The molecule has 2 aromatic heterocycles. The molecule has 0 saturated heterocycles. The Morgan fingerprint density at radius 1 is 1.20 bits per heavy atom. The first-order chi connectivity index (χ1) is 7.00. The van der Waals surface area contributed by atoms with Crippen molar-refractivity contribution in [3.8, 4) is 0 Å². The molecule has 0 amide bonds. The Hall–Kier alpha value is -1.50. The second kappa shape index (κ2) is 4.83. The first-order valence-corrected chi connectivity index (χ1v) is 4.86. The van der Waals surface area contributed by atoms with Crippen molar-refractivity contribution >= 4 is 27.7 Å². The molecule has 2 rings (SSSR count). The maximum atomic E-state index is 5.26. The van der Waals surface area contributed by atoms with Crippen molar-refractivity contribution in [2.45, 2.75) is 13.8 Å². The maximum Gasteiger partial charge on any atom is 0.236 e. The molecule has 2 aromatic rings. The number of anilines is 2. The van der Waals surface area contributed by atoms with E-state index >= 15 is 0 Å². The molecule has 0 spiro atoms. The van der Waals surface area contributed by atoms with Gasteiger partial charge in [-0.15, -0.1) is 0 Å². The summed E-state index contributed by atoms with van der Waals surface area (Å²) in [7, 11) is 0. The summed E-state index contributed by atoms with van der Waals surface area (Å²) in [5, 5.41) is 7.09. The Morgan fingerprint density at radius 2 is 1.87 bits per heavy atom. The van der Waals surface area contributed by atoms with Gasteiger partial charge in [-0.05, 0) is 29.8 Å². The number of hydrogen-bond donors (Lipinski definition) is 2. The Labute approximate surface area is 94.7 Å². The van der Waals surface area contributed by atoms with Gasteiger partial charge in [-0.25, -0.2) is 0 Å². The second-order valence-electron chi connectivity index (χ2n) is 2.82. The minimum Gasteiger partial charge on any atom is -0.368 e. The average Bonchev–Trinajstić information content (AvgIpc) is 2.68. The summed E-state index contributed by atoms with van der Waals surface area (Å²) < 4.78 is 9.82. The number of rotatable bonds is 0. The van der Waals surface area contributed by atoms with Crippen LogP contribution in [0.1, 0.15) is 11.4 Å². The summed E-state index contributed by atoms with van der Waals surface area (Å²) in [6.07, 6.45) is 0. The van der Waals surface area contributed by atoms with Crippen LogP contribution in [0.3, 0.4) is 0 Å². The van der Waals surface area contributed by atoms with Crippen molar-refractivity contribution in [3.05, 3.63) is 21.9 Å². The first-order valence-electron chi connectivity index (χ1n) is 4.06. The van der Waals surface area contributed by atoms with E-state index in [-0.39, 0.29) is 0 Å². The Kier molecular flexibility index (Phi) is 3.73. The molecule has 0 aliphatic carbocycles. The molecular formula is C8H11BrN4O2. The van der Waals surface area contributed by atoms with Crippen LogP contribution in [-0.4, -0.2) is 10.3 Å². The zero-order valence-corrected chi connectivity index (χ0v) is 9.91. The van der Waals surface area contributed by atoms with Crippen LogP contribution in [0.4, 0.5) is 11.8 Å². The number of aromatic nitrogens is 2. The lowest BCUT2D eigenvalue weighted by Crippen LogP contribution is -1.79. The highest BCUT2D eigenvalue weighted by atomic mass is 79.9. The molecule has 0 radical (unpaired) electrons. The van der Waals surface area contributed by atoms with Gasteiger partial charge < -0.3 is 20.5 Å². The van der Waals surface area contributed by atoms with Crippen molar-refractivity contribution in [1.29, 1.82) is 0 Å². The van der Waals surface area contributed by atoms with E-state index in [1.54, 1.807) is 6.07 Å². The minimum atomic E-state index is 0.336. The number of nitrogen functional groups attached to an aromatic ring is 2. The smallest absolute Gasteiger partial charge is 0.236 e. The normalized spacial score (nSPS) is 9.53. The van der Waals surface area contributed by atoms with Crippen molar-refractivity contribution in [1.82, 2.24) is 10.3 Å². The fourth-order valence-electron chi connectivity index (χ4n) is 0.759. The molecule has 2 heterocycles. The first kappa shape index (κ1) is 11.6. The highest BCUT2D eigenvalue weighted by Gasteiger charge is 2.03. The molecule has 0 fully saturated rings. The summed E-state index contributed by atoms with van der Waals surface area (Å²) in [5.41, 5.74) is 12.0. The molecule has 4 N–H and O–H groups in total. The molecule has 0 atom stereocenters. The van der Waals surface area contributed by atoms with Crippen LogP contribution >= 0.6 is 15.9 Å². The summed E-state index contributed by atoms with van der Waals surface area (Å²) in [5.74, 6) is 0.708. The van der Waals surface area contributed by atoms with E-state index in [2.05, 4.69) is 35.3 Å². The van der Waals surface area contributed by atoms with Crippen LogP contribution in [0.15, 0.2) is 19.6 Å². The fraction of sp³-hybridized carbons (Fsp3) is 0.250. The molecule has 0 saturated carbocycles. The van der Waals surface area contributed by atoms with Crippen molar-refractivity contribution in [2.75, 3.05) is 11.5 Å². The van der Waals surface area contributed by atoms with E-state index in [4.69, 9.17) is 11.5 Å². The predicted octanol–water partition coefficient (Wildman–Crippen LogP) is 1.89. The largest absolute Gasteiger partial charge is 0.368 e. The number of nitrogens with zero attached hydrogens (tertiary/aromatic N) is 2. The third-order valence-corrected chi connectivity index (χ3v) is 2.43. The highest BCUT2D eigenvalue weighted by molar-refractivity contribution is 9.10. The summed E-state index contributed by atoms with van der Waals surface area (Å²) in [4.78, 5) is 0. The number of aryl methyl sites for hydroxylation is 2. The Bertz CT molecular complexity index is 402. The van der Waals surface area contributed by atoms with Gasteiger partial charge in [0.15, 0.2) is 0 Å². The number of halogens is 1. The van der Waals surface area contributed by atoms with Gasteiger partial charge in [0.05, 0.1) is 11.4 Å². The van der Waals surface area contributed by atoms with Crippen LogP contribution < -0.4 is 11.5 Å². The van der Waals surface area contributed by atoms with E-state index in [9.17, 15) is 0 Å². The molecular weight excluding hydrogens is 264 g/mol. The van der Waals surface area contributed by atoms with Gasteiger partial charge in [0.1, 0.15) is 4.47 Å². The van der Waals surface area contributed by atoms with E-state index < -0.39 is 0 Å². The number of hydrogen-bond acceptors (Lipinski definition) is 6. The van der Waals surface area contributed by atoms with Crippen LogP contribution in [0, 0.1) is 13.8 Å². The van der Waals surface area contributed by atoms with Crippen molar-refractivity contribution < 1.29 is 9.05 Å². The lowest BCUT2D eigenvalue weighted by Gasteiger charge is -1.78. The van der Waals surface area contributed by atoms with Crippen LogP contribution in [0.5, 0.6) is 0 Å². The molecule has 6 nitrogen and oxygen atoms in total. The van der Waals surface area contributed by atoms with Crippen LogP contribution in [-0.2, 0) is 0 Å². The van der Waals surface area contributed by atoms with Gasteiger partial charge in [0, 0.05) is 6.07 Å². The van der Waals surface area contributed by atoms with Gasteiger partial charge in [-0.1, -0.05) is 10.3 Å². The molecule has 15 heavy (non-hydrogen) atoms. The third kappa shape index (κ3) is 3.28. The second-order valence-corrected chi connectivity index (χ2v) is 3.61.